The van der Waals surface area contributed by atoms with Crippen LogP contribution in [0.2, 0.25) is 0 Å². The normalized spacial score (nSPS) is 20.1. The van der Waals surface area contributed by atoms with E-state index in [1.807, 2.05) is 0 Å². The van der Waals surface area contributed by atoms with Gasteiger partial charge in [-0.05, 0) is 5.21 Å². The molecule has 2 aliphatic rings. The third kappa shape index (κ3) is 5.31. The first-order chi connectivity index (χ1) is 15.4. The Bertz CT molecular complexity index is 1120. The molecule has 4 heterocycles. The van der Waals surface area contributed by atoms with E-state index in [2.05, 4.69) is 36.1 Å². The summed E-state index contributed by atoms with van der Waals surface area (Å²) in [6.45, 7) is 0. The Morgan fingerprint density at radius 2 is 2.24 bits per heavy atom. The van der Waals surface area contributed by atoms with Crippen molar-refractivity contribution in [1.29, 1.82) is 0 Å². The number of carbonyl (C=O) groups excluding carboxylic acids is 3. The number of thiazole rings is 1. The maximum absolute atomic E-state index is 12.7. The molecule has 2 aromatic heterocycles. The van der Waals surface area contributed by atoms with Gasteiger partial charge in [-0.25, -0.2) is 4.98 Å². The molecule has 2 aliphatic heterocycles. The van der Waals surface area contributed by atoms with Crippen molar-refractivity contribution < 1.29 is 54.3 Å². The van der Waals surface area contributed by atoms with Crippen LogP contribution in [0.4, 0.5) is 5.13 Å². The summed E-state index contributed by atoms with van der Waals surface area (Å²) in [6, 6.07) is -1.00. The molecule has 33 heavy (non-hydrogen) atoms. The molecule has 1 unspecified atom stereocenters. The number of hydrogen-bond donors (Lipinski definition) is 4. The van der Waals surface area contributed by atoms with Gasteiger partial charge in [-0.2, -0.15) is 5.21 Å². The Morgan fingerprint density at radius 3 is 2.85 bits per heavy atom. The topological polar surface area (TPSA) is 216 Å². The smallest absolute Gasteiger partial charge is 0.543 e. The number of aromatic amines is 1. The van der Waals surface area contributed by atoms with Crippen LogP contribution in [-0.4, -0.2) is 81.5 Å². The number of anilines is 1. The molecular weight excluding hydrogens is 525 g/mol. The van der Waals surface area contributed by atoms with Crippen molar-refractivity contribution in [1.82, 2.24) is 35.8 Å². The third-order valence-corrected chi connectivity index (χ3v) is 8.44. The van der Waals surface area contributed by atoms with Crippen LogP contribution in [0.25, 0.3) is 0 Å². The van der Waals surface area contributed by atoms with Gasteiger partial charge in [-0.15, -0.1) is 45.1 Å². The second kappa shape index (κ2) is 11.1. The first-order valence-electron chi connectivity index (χ1n) is 8.53. The van der Waals surface area contributed by atoms with E-state index in [1.165, 1.54) is 40.7 Å². The summed E-state index contributed by atoms with van der Waals surface area (Å²) in [5, 5.41) is 41.5. The van der Waals surface area contributed by atoms with E-state index in [1.54, 1.807) is 0 Å². The number of thioether (sulfide) groups is 3. The van der Waals surface area contributed by atoms with Crippen molar-refractivity contribution in [3.63, 3.8) is 0 Å². The van der Waals surface area contributed by atoms with Crippen molar-refractivity contribution >= 4 is 75.2 Å². The van der Waals surface area contributed by atoms with Crippen LogP contribution in [-0.2, 0) is 14.4 Å². The number of rotatable bonds is 8. The molecule has 0 aromatic carbocycles. The molecule has 19 heteroatoms. The molecular formula is C14H12N9NaO5S4. The number of H-pyrrole nitrogens is 1. The molecule has 1 fully saturated rings. The van der Waals surface area contributed by atoms with Gasteiger partial charge in [0.15, 0.2) is 10.8 Å². The Balaban J connectivity index is 0.00000306. The predicted molar refractivity (Wildman–Crippen MR) is 114 cm³/mol. The second-order valence-corrected chi connectivity index (χ2v) is 10.4. The minimum atomic E-state index is -1.49. The van der Waals surface area contributed by atoms with Crippen LogP contribution < -0.4 is 45.7 Å². The van der Waals surface area contributed by atoms with Crippen LogP contribution in [0.15, 0.2) is 26.3 Å². The van der Waals surface area contributed by atoms with Crippen molar-refractivity contribution in [2.75, 3.05) is 16.6 Å². The van der Waals surface area contributed by atoms with Gasteiger partial charge in [-0.1, -0.05) is 16.9 Å². The number of nitrogen functional groups attached to an aromatic ring is 1. The molecule has 0 aliphatic carbocycles. The van der Waals surface area contributed by atoms with E-state index in [0.717, 1.165) is 16.2 Å². The number of carbonyl (C=O) groups is 3. The number of nitrogens with one attached hydrogen (secondary N) is 2. The van der Waals surface area contributed by atoms with Gasteiger partial charge >= 0.3 is 29.6 Å². The van der Waals surface area contributed by atoms with Crippen molar-refractivity contribution in [2.45, 2.75) is 16.6 Å². The first kappa shape index (κ1) is 25.8. The van der Waals surface area contributed by atoms with E-state index in [4.69, 9.17) is 5.73 Å². The fourth-order valence-corrected chi connectivity index (χ4v) is 6.91. The molecule has 2 atom stereocenters. The average molecular weight is 538 g/mol. The van der Waals surface area contributed by atoms with E-state index in [0.29, 0.717) is 20.9 Å². The molecule has 1 saturated heterocycles. The third-order valence-electron chi connectivity index (χ3n) is 4.24. The number of nitrogens with zero attached hydrogens (tertiary/aromatic N) is 6. The number of tetrazole rings is 1. The summed E-state index contributed by atoms with van der Waals surface area (Å²) in [5.74, 6) is -2.65. The number of carboxylic acids is 1. The van der Waals surface area contributed by atoms with Crippen LogP contribution in [0.1, 0.15) is 5.69 Å². The summed E-state index contributed by atoms with van der Waals surface area (Å²) in [6.07, 6.45) is 0. The molecule has 2 aromatic rings. The molecule has 14 nitrogen and oxygen atoms in total. The standard InChI is InChI=1S/C14H13N9O5S4.Na/c15-13-16-4(1-30-13)6(20-28)9(24)17-7-10(25)23-8(12(26)27)5(2-29-11(7)23)31-3-32-14-18-21-22-19-14;/h1,7,11,28H,2-3H2,(H2,15,16)(H,17,24)(H,26,27)(H,18,19,21,22);/q;+1/p-1/b20-6+;/t7-,11?;/m1./s1. The van der Waals surface area contributed by atoms with Crippen molar-refractivity contribution in [3.05, 3.63) is 21.7 Å². The minimum absolute atomic E-state index is 0. The summed E-state index contributed by atoms with van der Waals surface area (Å²) in [7, 11) is 0. The van der Waals surface area contributed by atoms with E-state index in [-0.39, 0.29) is 46.1 Å². The maximum atomic E-state index is 12.7. The second-order valence-electron chi connectivity index (χ2n) is 6.04. The molecule has 168 valence electrons. The van der Waals surface area contributed by atoms with Crippen LogP contribution in [0, 0.1) is 0 Å². The van der Waals surface area contributed by atoms with Gasteiger partial charge in [-0.3, -0.25) is 14.5 Å². The fraction of sp³-hybridized carbons (Fsp3) is 0.286. The number of β-lactam (4-membered cyclic amide) rings is 1. The molecule has 0 spiro atoms. The first-order valence-corrected chi connectivity index (χ1v) is 12.4. The van der Waals surface area contributed by atoms with Crippen LogP contribution >= 0.6 is 46.6 Å². The molecule has 5 N–H and O–H groups in total. The molecule has 0 bridgehead atoms. The van der Waals surface area contributed by atoms with Crippen LogP contribution in [0.5, 0.6) is 0 Å². The van der Waals surface area contributed by atoms with Gasteiger partial charge in [0.1, 0.15) is 17.1 Å². The summed E-state index contributed by atoms with van der Waals surface area (Å²) >= 11 is 4.81. The fourth-order valence-electron chi connectivity index (χ4n) is 2.88. The minimum Gasteiger partial charge on any atom is -0.543 e. The number of aromatic nitrogens is 5. The number of aliphatic carboxylic acids is 1. The van der Waals surface area contributed by atoms with Crippen molar-refractivity contribution in [2.24, 2.45) is 5.16 Å². The molecule has 4 rings (SSSR count). The number of nitrogens with two attached hydrogens (primary N) is 1. The summed E-state index contributed by atoms with van der Waals surface area (Å²) in [4.78, 5) is 42.4. The van der Waals surface area contributed by atoms with Gasteiger partial charge in [0.05, 0.1) is 16.8 Å². The predicted octanol–water partition coefficient (Wildman–Crippen LogP) is -4.73. The number of hydrogen-bond acceptors (Lipinski definition) is 15. The zero-order valence-electron chi connectivity index (χ0n) is 16.6. The maximum Gasteiger partial charge on any atom is 1.00 e. The van der Waals surface area contributed by atoms with E-state index < -0.39 is 34.9 Å². The Morgan fingerprint density at radius 1 is 1.45 bits per heavy atom. The Hall–Kier alpha value is -1.83. The summed E-state index contributed by atoms with van der Waals surface area (Å²) in [5.41, 5.74) is 4.95. The Labute approximate surface area is 223 Å². The van der Waals surface area contributed by atoms with Crippen LogP contribution in [0.3, 0.4) is 0 Å². The largest absolute Gasteiger partial charge is 1.00 e. The van der Waals surface area contributed by atoms with Gasteiger partial charge in [0.25, 0.3) is 11.8 Å². The molecule has 0 radical (unpaired) electrons. The van der Waals surface area contributed by atoms with Gasteiger partial charge in [0.2, 0.25) is 5.16 Å². The quantitative estimate of drug-likeness (QED) is 0.0474. The van der Waals surface area contributed by atoms with Gasteiger partial charge in [0, 0.05) is 16.0 Å². The SMILES string of the molecule is Nc1nc(/C(=N\O)C(=O)N[C@@H]2C(=O)N3C(C(=O)[O-])=C(SCSc4nn[nH]n4)CSC23)cs1.[Na+]. The Kier molecular flexibility index (Phi) is 8.65. The van der Waals surface area contributed by atoms with E-state index in [9.17, 15) is 24.7 Å². The van der Waals surface area contributed by atoms with Crippen molar-refractivity contribution in [3.8, 4) is 0 Å². The number of oxime groups is 1. The zero-order valence-corrected chi connectivity index (χ0v) is 21.9. The van der Waals surface area contributed by atoms with Gasteiger partial charge < -0.3 is 26.2 Å². The summed E-state index contributed by atoms with van der Waals surface area (Å²) < 4.78 is 0. The molecule has 0 saturated carbocycles. The molecule has 2 amide bonds. The number of carboxylic acid groups (broad SMARTS) is 1. The zero-order chi connectivity index (χ0) is 22.8. The monoisotopic (exact) mass is 537 g/mol. The number of amides is 2. The number of fused-ring (bicyclic) bond motifs is 1. The van der Waals surface area contributed by atoms with E-state index >= 15 is 0 Å². The average Bonchev–Trinajstić information content (AvgIpc) is 3.44.